The summed E-state index contributed by atoms with van der Waals surface area (Å²) in [5.74, 6) is 0.545. The molecule has 0 radical (unpaired) electrons. The van der Waals surface area contributed by atoms with Gasteiger partial charge in [-0.2, -0.15) is 0 Å². The van der Waals surface area contributed by atoms with Crippen LogP contribution in [0.3, 0.4) is 0 Å². The number of methoxy groups -OCH3 is 1. The lowest BCUT2D eigenvalue weighted by atomic mass is 10.1. The van der Waals surface area contributed by atoms with E-state index < -0.39 is 6.10 Å². The van der Waals surface area contributed by atoms with Gasteiger partial charge in [0, 0.05) is 12.1 Å². The zero-order valence-corrected chi connectivity index (χ0v) is 11.1. The molecule has 1 heterocycles. The molecule has 5 heteroatoms. The van der Waals surface area contributed by atoms with Crippen molar-refractivity contribution in [3.05, 3.63) is 29.8 Å². The Hall–Kier alpha value is -1.59. The smallest absolute Gasteiger partial charge is 0.251 e. The van der Waals surface area contributed by atoms with Crippen molar-refractivity contribution in [3.8, 4) is 5.75 Å². The van der Waals surface area contributed by atoms with Gasteiger partial charge in [-0.25, -0.2) is 0 Å². The summed E-state index contributed by atoms with van der Waals surface area (Å²) in [4.78, 5) is 12.1. The molecule has 1 aromatic carbocycles. The molecular weight excluding hydrogens is 244 g/mol. The van der Waals surface area contributed by atoms with Crippen molar-refractivity contribution in [1.29, 1.82) is 0 Å². The highest BCUT2D eigenvalue weighted by molar-refractivity contribution is 5.94. The minimum Gasteiger partial charge on any atom is -0.497 e. The summed E-state index contributed by atoms with van der Waals surface area (Å²) in [5.41, 5.74) is 0.567. The number of rotatable bonds is 3. The van der Waals surface area contributed by atoms with Gasteiger partial charge >= 0.3 is 0 Å². The maximum Gasteiger partial charge on any atom is 0.251 e. The number of benzene rings is 1. The molecular formula is C14H20N2O3. The van der Waals surface area contributed by atoms with Crippen LogP contribution in [0.4, 0.5) is 0 Å². The van der Waals surface area contributed by atoms with Gasteiger partial charge in [-0.05, 0) is 43.7 Å². The first-order valence-corrected chi connectivity index (χ1v) is 6.54. The average Bonchev–Trinajstić information content (AvgIpc) is 2.64. The molecule has 0 unspecified atom stereocenters. The van der Waals surface area contributed by atoms with E-state index in [1.54, 1.807) is 31.4 Å². The second-order valence-corrected chi connectivity index (χ2v) is 4.72. The van der Waals surface area contributed by atoms with E-state index in [4.69, 9.17) is 4.74 Å². The van der Waals surface area contributed by atoms with E-state index in [1.807, 2.05) is 0 Å². The van der Waals surface area contributed by atoms with E-state index in [0.29, 0.717) is 24.3 Å². The van der Waals surface area contributed by atoms with Crippen LogP contribution < -0.4 is 15.4 Å². The molecule has 1 aromatic rings. The molecule has 2 rings (SSSR count). The summed E-state index contributed by atoms with van der Waals surface area (Å²) in [6.07, 6.45) is 1.15. The fourth-order valence-electron chi connectivity index (χ4n) is 2.17. The Bertz CT molecular complexity index is 419. The van der Waals surface area contributed by atoms with Gasteiger partial charge in [0.15, 0.2) is 0 Å². The van der Waals surface area contributed by atoms with E-state index in [-0.39, 0.29) is 11.9 Å². The molecule has 0 saturated carbocycles. The Morgan fingerprint density at radius 2 is 2.16 bits per heavy atom. The summed E-state index contributed by atoms with van der Waals surface area (Å²) in [6.45, 7) is 1.48. The molecule has 19 heavy (non-hydrogen) atoms. The first-order chi connectivity index (χ1) is 9.20. The monoisotopic (exact) mass is 264 g/mol. The van der Waals surface area contributed by atoms with Gasteiger partial charge in [0.25, 0.3) is 5.91 Å². The Balaban J connectivity index is 1.98. The zero-order chi connectivity index (χ0) is 13.7. The maximum absolute atomic E-state index is 12.1. The van der Waals surface area contributed by atoms with Crippen LogP contribution in [0.1, 0.15) is 23.2 Å². The molecule has 1 aliphatic rings. The van der Waals surface area contributed by atoms with Gasteiger partial charge in [0.2, 0.25) is 0 Å². The lowest BCUT2D eigenvalue weighted by Gasteiger charge is -2.21. The molecule has 0 aliphatic carbocycles. The lowest BCUT2D eigenvalue weighted by Crippen LogP contribution is -2.47. The maximum atomic E-state index is 12.1. The molecule has 1 fully saturated rings. The summed E-state index contributed by atoms with van der Waals surface area (Å²) in [6, 6.07) is 6.68. The first kappa shape index (κ1) is 13.8. The van der Waals surface area contributed by atoms with Crippen LogP contribution in [-0.2, 0) is 0 Å². The van der Waals surface area contributed by atoms with Crippen LogP contribution in [0.5, 0.6) is 5.75 Å². The van der Waals surface area contributed by atoms with E-state index >= 15 is 0 Å². The highest BCUT2D eigenvalue weighted by atomic mass is 16.5. The minimum atomic E-state index is -0.489. The summed E-state index contributed by atoms with van der Waals surface area (Å²) in [5, 5.41) is 16.0. The highest BCUT2D eigenvalue weighted by Crippen LogP contribution is 2.12. The quantitative estimate of drug-likeness (QED) is 0.745. The standard InChI is InChI=1S/C14H20N2O3/c1-19-11-6-4-10(5-7-11)14(18)16-12-9-15-8-2-3-13(12)17/h4-7,12-13,15,17H,2-3,8-9H2,1H3,(H,16,18)/t12-,13-/m1/s1. The molecule has 1 amide bonds. The first-order valence-electron chi connectivity index (χ1n) is 6.54. The molecule has 104 valence electrons. The number of ether oxygens (including phenoxy) is 1. The van der Waals surface area contributed by atoms with Gasteiger partial charge < -0.3 is 20.5 Å². The van der Waals surface area contributed by atoms with Gasteiger partial charge in [-0.3, -0.25) is 4.79 Å². The molecule has 1 saturated heterocycles. The third-order valence-electron chi connectivity index (χ3n) is 3.35. The van der Waals surface area contributed by atoms with Crippen molar-refractivity contribution in [2.75, 3.05) is 20.2 Å². The van der Waals surface area contributed by atoms with Crippen LogP contribution in [-0.4, -0.2) is 43.4 Å². The molecule has 0 aromatic heterocycles. The number of nitrogens with one attached hydrogen (secondary N) is 2. The minimum absolute atomic E-state index is 0.171. The molecule has 0 spiro atoms. The topological polar surface area (TPSA) is 70.6 Å². The number of hydrogen-bond donors (Lipinski definition) is 3. The molecule has 0 bridgehead atoms. The Labute approximate surface area is 113 Å². The predicted octanol–water partition coefficient (Wildman–Crippen LogP) is 0.538. The van der Waals surface area contributed by atoms with Crippen molar-refractivity contribution < 1.29 is 14.6 Å². The van der Waals surface area contributed by atoms with Gasteiger partial charge in [0.05, 0.1) is 19.3 Å². The highest BCUT2D eigenvalue weighted by Gasteiger charge is 2.23. The average molecular weight is 264 g/mol. The number of aliphatic hydroxyl groups excluding tert-OH is 1. The fourth-order valence-corrected chi connectivity index (χ4v) is 2.17. The van der Waals surface area contributed by atoms with Gasteiger partial charge in [-0.15, -0.1) is 0 Å². The van der Waals surface area contributed by atoms with Gasteiger partial charge in [0.1, 0.15) is 5.75 Å². The van der Waals surface area contributed by atoms with Crippen LogP contribution in [0.15, 0.2) is 24.3 Å². The Kier molecular flexibility index (Phi) is 4.76. The van der Waals surface area contributed by atoms with Gasteiger partial charge in [-0.1, -0.05) is 0 Å². The Morgan fingerprint density at radius 1 is 1.42 bits per heavy atom. The predicted molar refractivity (Wildman–Crippen MR) is 72.4 cm³/mol. The van der Waals surface area contributed by atoms with Crippen molar-refractivity contribution >= 4 is 5.91 Å². The molecule has 2 atom stereocenters. The van der Waals surface area contributed by atoms with Crippen molar-refractivity contribution in [3.63, 3.8) is 0 Å². The normalized spacial score (nSPS) is 23.5. The van der Waals surface area contributed by atoms with E-state index in [9.17, 15) is 9.90 Å². The van der Waals surface area contributed by atoms with Crippen molar-refractivity contribution in [2.45, 2.75) is 25.0 Å². The van der Waals surface area contributed by atoms with Crippen LogP contribution in [0.2, 0.25) is 0 Å². The number of carbonyl (C=O) groups is 1. The Morgan fingerprint density at radius 3 is 2.84 bits per heavy atom. The van der Waals surface area contributed by atoms with E-state index in [0.717, 1.165) is 13.0 Å². The molecule has 5 nitrogen and oxygen atoms in total. The third-order valence-corrected chi connectivity index (χ3v) is 3.35. The number of amides is 1. The van der Waals surface area contributed by atoms with E-state index in [2.05, 4.69) is 10.6 Å². The van der Waals surface area contributed by atoms with Crippen molar-refractivity contribution in [2.24, 2.45) is 0 Å². The lowest BCUT2D eigenvalue weighted by molar-refractivity contribution is 0.0833. The van der Waals surface area contributed by atoms with Crippen LogP contribution >= 0.6 is 0 Å². The van der Waals surface area contributed by atoms with E-state index in [1.165, 1.54) is 0 Å². The fraction of sp³-hybridized carbons (Fsp3) is 0.500. The number of carbonyl (C=O) groups excluding carboxylic acids is 1. The summed E-state index contributed by atoms with van der Waals surface area (Å²) >= 11 is 0. The zero-order valence-electron chi connectivity index (χ0n) is 11.1. The summed E-state index contributed by atoms with van der Waals surface area (Å²) in [7, 11) is 1.59. The second kappa shape index (κ2) is 6.54. The second-order valence-electron chi connectivity index (χ2n) is 4.72. The van der Waals surface area contributed by atoms with Crippen LogP contribution in [0, 0.1) is 0 Å². The third kappa shape index (κ3) is 3.68. The molecule has 1 aliphatic heterocycles. The number of aliphatic hydroxyl groups is 1. The molecule has 3 N–H and O–H groups in total. The van der Waals surface area contributed by atoms with Crippen molar-refractivity contribution in [1.82, 2.24) is 10.6 Å². The largest absolute Gasteiger partial charge is 0.497 e. The number of hydrogen-bond acceptors (Lipinski definition) is 4. The SMILES string of the molecule is COc1ccc(C(=O)N[C@@H]2CNCCC[C@H]2O)cc1. The van der Waals surface area contributed by atoms with Crippen LogP contribution in [0.25, 0.3) is 0 Å². The summed E-state index contributed by atoms with van der Waals surface area (Å²) < 4.78 is 5.05.